The van der Waals surface area contributed by atoms with Gasteiger partial charge in [-0.2, -0.15) is 0 Å². The largest absolute Gasteiger partial charge is 0.422 e. The van der Waals surface area contributed by atoms with Crippen LogP contribution in [0.4, 0.5) is 0 Å². The summed E-state index contributed by atoms with van der Waals surface area (Å²) in [6.07, 6.45) is 0.488. The molecule has 0 unspecified atom stereocenters. The molecule has 0 radical (unpaired) electrons. The van der Waals surface area contributed by atoms with Crippen molar-refractivity contribution in [3.05, 3.63) is 44.7 Å². The van der Waals surface area contributed by atoms with Gasteiger partial charge < -0.3 is 4.42 Å². The summed E-state index contributed by atoms with van der Waals surface area (Å²) in [4.78, 5) is 21.9. The third kappa shape index (κ3) is 1.28. The topological polar surface area (TPSA) is 47.3 Å². The lowest BCUT2D eigenvalue weighted by Gasteiger charge is -1.99. The normalized spacial score (nSPS) is 10.4. The summed E-state index contributed by atoms with van der Waals surface area (Å²) in [6, 6.07) is 7.02. The van der Waals surface area contributed by atoms with Crippen molar-refractivity contribution in [2.75, 3.05) is 0 Å². The monoisotopic (exact) mass is 252 g/mol. The molecule has 70 valence electrons. The molecule has 0 fully saturated rings. The van der Waals surface area contributed by atoms with E-state index in [2.05, 4.69) is 15.9 Å². The molecule has 0 aliphatic rings. The molecule has 0 amide bonds. The van der Waals surface area contributed by atoms with Crippen molar-refractivity contribution in [3.63, 3.8) is 0 Å². The third-order valence-electron chi connectivity index (χ3n) is 1.90. The number of carbonyl (C=O) groups excluding carboxylic acids is 1. The molecule has 0 aliphatic heterocycles. The van der Waals surface area contributed by atoms with Crippen LogP contribution in [0.2, 0.25) is 0 Å². The molecule has 0 bridgehead atoms. The molecule has 3 nitrogen and oxygen atoms in total. The predicted octanol–water partition coefficient (Wildman–Crippen LogP) is 2.37. The Morgan fingerprint density at radius 1 is 1.29 bits per heavy atom. The van der Waals surface area contributed by atoms with Crippen LogP contribution in [0.15, 0.2) is 37.9 Å². The van der Waals surface area contributed by atoms with Crippen LogP contribution in [0.3, 0.4) is 0 Å². The van der Waals surface area contributed by atoms with E-state index in [9.17, 15) is 9.59 Å². The highest BCUT2D eigenvalue weighted by molar-refractivity contribution is 9.10. The maximum atomic E-state index is 11.3. The number of aldehydes is 1. The van der Waals surface area contributed by atoms with Crippen molar-refractivity contribution in [2.45, 2.75) is 0 Å². The van der Waals surface area contributed by atoms with Gasteiger partial charge >= 0.3 is 5.63 Å². The maximum Gasteiger partial charge on any atom is 0.348 e. The fraction of sp³-hybridized carbons (Fsp3) is 0. The Bertz CT molecular complexity index is 557. The Hall–Kier alpha value is -1.42. The molecule has 0 atom stereocenters. The lowest BCUT2D eigenvalue weighted by Crippen LogP contribution is -2.07. The molecule has 14 heavy (non-hydrogen) atoms. The highest BCUT2D eigenvalue weighted by Gasteiger charge is 2.10. The first-order valence-electron chi connectivity index (χ1n) is 3.90. The molecule has 1 aromatic carbocycles. The minimum absolute atomic E-state index is 0.0173. The van der Waals surface area contributed by atoms with Gasteiger partial charge in [-0.15, -0.1) is 0 Å². The Kier molecular flexibility index (Phi) is 2.21. The number of hydrogen-bond acceptors (Lipinski definition) is 3. The lowest BCUT2D eigenvalue weighted by molar-refractivity contribution is 0.111. The van der Waals surface area contributed by atoms with E-state index in [4.69, 9.17) is 4.42 Å². The number of carbonyl (C=O) groups is 1. The van der Waals surface area contributed by atoms with Gasteiger partial charge in [-0.05, 0) is 22.0 Å². The second kappa shape index (κ2) is 3.38. The van der Waals surface area contributed by atoms with Gasteiger partial charge in [-0.3, -0.25) is 4.79 Å². The molecule has 0 aliphatic carbocycles. The number of fused-ring (bicyclic) bond motifs is 1. The van der Waals surface area contributed by atoms with Gasteiger partial charge in [-0.25, -0.2) is 4.79 Å². The number of rotatable bonds is 1. The van der Waals surface area contributed by atoms with Gasteiger partial charge in [0.1, 0.15) is 11.1 Å². The van der Waals surface area contributed by atoms with Crippen molar-refractivity contribution < 1.29 is 9.21 Å². The molecule has 1 heterocycles. The van der Waals surface area contributed by atoms with E-state index in [1.165, 1.54) is 0 Å². The minimum Gasteiger partial charge on any atom is -0.422 e. The molecule has 0 saturated carbocycles. The van der Waals surface area contributed by atoms with E-state index >= 15 is 0 Å². The second-order valence-electron chi connectivity index (χ2n) is 2.73. The van der Waals surface area contributed by atoms with E-state index < -0.39 is 5.63 Å². The fourth-order valence-corrected chi connectivity index (χ4v) is 1.81. The van der Waals surface area contributed by atoms with Crippen LogP contribution in [0.5, 0.6) is 0 Å². The van der Waals surface area contributed by atoms with E-state index in [1.807, 2.05) is 6.07 Å². The van der Waals surface area contributed by atoms with Gasteiger partial charge in [-0.1, -0.05) is 18.2 Å². The molecule has 2 aromatic rings. The number of para-hydroxylation sites is 1. The van der Waals surface area contributed by atoms with Crippen molar-refractivity contribution in [1.82, 2.24) is 0 Å². The maximum absolute atomic E-state index is 11.3. The van der Waals surface area contributed by atoms with Gasteiger partial charge in [0.2, 0.25) is 0 Å². The highest BCUT2D eigenvalue weighted by atomic mass is 79.9. The molecule has 0 N–H and O–H groups in total. The minimum atomic E-state index is -0.620. The molecule has 0 saturated heterocycles. The van der Waals surface area contributed by atoms with Gasteiger partial charge in [0.15, 0.2) is 6.29 Å². The SMILES string of the molecule is O=Cc1c(Br)c2ccccc2oc1=O. The van der Waals surface area contributed by atoms with Crippen LogP contribution >= 0.6 is 15.9 Å². The van der Waals surface area contributed by atoms with E-state index in [1.54, 1.807) is 18.2 Å². The molecule has 4 heteroatoms. The standard InChI is InChI=1S/C10H5BrO3/c11-9-6-3-1-2-4-8(6)14-10(13)7(9)5-12/h1-5H. The van der Waals surface area contributed by atoms with Gasteiger partial charge in [0.25, 0.3) is 0 Å². The van der Waals surface area contributed by atoms with E-state index in [-0.39, 0.29) is 5.56 Å². The summed E-state index contributed by atoms with van der Waals surface area (Å²) in [5.74, 6) is 0. The molecule has 1 aromatic heterocycles. The highest BCUT2D eigenvalue weighted by Crippen LogP contribution is 2.23. The number of halogens is 1. The average molecular weight is 253 g/mol. The third-order valence-corrected chi connectivity index (χ3v) is 2.75. The smallest absolute Gasteiger partial charge is 0.348 e. The summed E-state index contributed by atoms with van der Waals surface area (Å²) in [6.45, 7) is 0. The van der Waals surface area contributed by atoms with E-state index in [0.717, 1.165) is 0 Å². The first kappa shape index (κ1) is 9.15. The molecular formula is C10H5BrO3. The number of benzene rings is 1. The zero-order chi connectivity index (χ0) is 10.1. The van der Waals surface area contributed by atoms with Crippen molar-refractivity contribution in [2.24, 2.45) is 0 Å². The Balaban J connectivity index is 3.00. The zero-order valence-corrected chi connectivity index (χ0v) is 8.58. The Morgan fingerprint density at radius 3 is 2.71 bits per heavy atom. The van der Waals surface area contributed by atoms with Crippen molar-refractivity contribution >= 4 is 33.2 Å². The summed E-state index contributed by atoms with van der Waals surface area (Å²) in [5.41, 5.74) is -0.135. The Labute approximate surface area is 87.5 Å². The summed E-state index contributed by atoms with van der Waals surface area (Å²) >= 11 is 3.20. The van der Waals surface area contributed by atoms with Gasteiger partial charge in [0.05, 0.1) is 0 Å². The second-order valence-corrected chi connectivity index (χ2v) is 3.52. The average Bonchev–Trinajstić information content (AvgIpc) is 2.18. The van der Waals surface area contributed by atoms with Crippen LogP contribution in [0, 0.1) is 0 Å². The quantitative estimate of drug-likeness (QED) is 0.579. The first-order valence-corrected chi connectivity index (χ1v) is 4.70. The zero-order valence-electron chi connectivity index (χ0n) is 6.99. The summed E-state index contributed by atoms with van der Waals surface area (Å²) in [7, 11) is 0. The van der Waals surface area contributed by atoms with Crippen LogP contribution in [0.25, 0.3) is 11.0 Å². The first-order chi connectivity index (χ1) is 6.74. The summed E-state index contributed by atoms with van der Waals surface area (Å²) in [5, 5.41) is 0.717. The fourth-order valence-electron chi connectivity index (χ4n) is 1.23. The molecular weight excluding hydrogens is 248 g/mol. The van der Waals surface area contributed by atoms with Crippen LogP contribution in [-0.2, 0) is 0 Å². The van der Waals surface area contributed by atoms with Crippen molar-refractivity contribution in [1.29, 1.82) is 0 Å². The summed E-state index contributed by atoms with van der Waals surface area (Å²) < 4.78 is 5.43. The van der Waals surface area contributed by atoms with Crippen LogP contribution < -0.4 is 5.63 Å². The predicted molar refractivity (Wildman–Crippen MR) is 55.6 cm³/mol. The number of hydrogen-bond donors (Lipinski definition) is 0. The van der Waals surface area contributed by atoms with Gasteiger partial charge in [0, 0.05) is 9.86 Å². The van der Waals surface area contributed by atoms with Crippen molar-refractivity contribution in [3.8, 4) is 0 Å². The Morgan fingerprint density at radius 2 is 2.00 bits per heavy atom. The molecule has 2 rings (SSSR count). The lowest BCUT2D eigenvalue weighted by atomic mass is 10.2. The van der Waals surface area contributed by atoms with Crippen LogP contribution in [0.1, 0.15) is 10.4 Å². The molecule has 0 spiro atoms. The van der Waals surface area contributed by atoms with Crippen LogP contribution in [-0.4, -0.2) is 6.29 Å². The van der Waals surface area contributed by atoms with E-state index in [0.29, 0.717) is 21.7 Å².